The molecule has 0 saturated heterocycles. The Morgan fingerprint density at radius 3 is 2.26 bits per heavy atom. The van der Waals surface area contributed by atoms with Gasteiger partial charge in [0, 0.05) is 6.54 Å². The molecule has 9 heteroatoms. The van der Waals surface area contributed by atoms with Gasteiger partial charge in [-0.3, -0.25) is 0 Å². The van der Waals surface area contributed by atoms with Crippen LogP contribution in [0.3, 0.4) is 0 Å². The Morgan fingerprint density at radius 2 is 1.74 bits per heavy atom. The molecule has 0 rings (SSSR count). The third-order valence-electron chi connectivity index (χ3n) is 1.56. The molecule has 8 nitrogen and oxygen atoms in total. The summed E-state index contributed by atoms with van der Waals surface area (Å²) in [6.45, 7) is 5.89. The maximum atomic E-state index is 11.2. The summed E-state index contributed by atoms with van der Waals surface area (Å²) in [5, 5.41) is 4.71. The van der Waals surface area contributed by atoms with Crippen molar-refractivity contribution < 1.29 is 27.4 Å². The van der Waals surface area contributed by atoms with Crippen LogP contribution in [0.25, 0.3) is 0 Å². The van der Waals surface area contributed by atoms with Gasteiger partial charge in [-0.25, -0.2) is 14.7 Å². The number of rotatable bonds is 9. The Hall–Kier alpha value is -0.740. The molecular formula is C10H22N2O6S. The number of ether oxygens (including phenoxy) is 3. The van der Waals surface area contributed by atoms with E-state index >= 15 is 0 Å². The van der Waals surface area contributed by atoms with Crippen molar-refractivity contribution in [1.82, 2.24) is 4.72 Å². The van der Waals surface area contributed by atoms with E-state index in [0.717, 1.165) is 0 Å². The number of carbonyl (C=O) groups excluding carboxylic acids is 1. The van der Waals surface area contributed by atoms with Crippen LogP contribution in [0.15, 0.2) is 0 Å². The van der Waals surface area contributed by atoms with E-state index in [2.05, 4.69) is 4.72 Å². The summed E-state index contributed by atoms with van der Waals surface area (Å²) in [6, 6.07) is 0. The summed E-state index contributed by atoms with van der Waals surface area (Å²) in [5.41, 5.74) is -0.531. The lowest BCUT2D eigenvalue weighted by Gasteiger charge is -2.19. The predicted octanol–water partition coefficient (Wildman–Crippen LogP) is -0.846. The molecule has 0 aliphatic carbocycles. The molecule has 0 aromatic heterocycles. The molecule has 0 heterocycles. The highest BCUT2D eigenvalue weighted by Crippen LogP contribution is 2.06. The van der Waals surface area contributed by atoms with Crippen molar-refractivity contribution in [2.75, 3.05) is 33.0 Å². The van der Waals surface area contributed by atoms with E-state index in [1.54, 1.807) is 20.8 Å². The van der Waals surface area contributed by atoms with Crippen LogP contribution in [-0.4, -0.2) is 53.0 Å². The fourth-order valence-electron chi connectivity index (χ4n) is 1.00. The van der Waals surface area contributed by atoms with Crippen molar-refractivity contribution in [1.29, 1.82) is 0 Å². The van der Waals surface area contributed by atoms with Crippen LogP contribution in [-0.2, 0) is 29.2 Å². The Bertz CT molecular complexity index is 363. The zero-order valence-corrected chi connectivity index (χ0v) is 12.3. The van der Waals surface area contributed by atoms with Gasteiger partial charge in [-0.15, -0.1) is 0 Å². The maximum Gasteiger partial charge on any atom is 0.332 e. The third kappa shape index (κ3) is 15.2. The monoisotopic (exact) mass is 298 g/mol. The van der Waals surface area contributed by atoms with Crippen LogP contribution in [0.4, 0.5) is 0 Å². The van der Waals surface area contributed by atoms with Crippen LogP contribution >= 0.6 is 0 Å². The first kappa shape index (κ1) is 18.3. The molecule has 0 aromatic carbocycles. The molecule has 0 radical (unpaired) electrons. The minimum Gasteiger partial charge on any atom is -0.458 e. The first-order valence-electron chi connectivity index (χ1n) is 5.75. The highest BCUT2D eigenvalue weighted by Gasteiger charge is 2.15. The molecule has 0 bridgehead atoms. The van der Waals surface area contributed by atoms with Gasteiger partial charge in [0.05, 0.1) is 19.8 Å². The Balaban J connectivity index is 3.39. The molecule has 19 heavy (non-hydrogen) atoms. The topological polar surface area (TPSA) is 117 Å². The van der Waals surface area contributed by atoms with Crippen LogP contribution < -0.4 is 9.86 Å². The van der Waals surface area contributed by atoms with Crippen molar-refractivity contribution in [3.8, 4) is 0 Å². The average molecular weight is 298 g/mol. The summed E-state index contributed by atoms with van der Waals surface area (Å²) in [7, 11) is -3.67. The van der Waals surface area contributed by atoms with Gasteiger partial charge in [0.2, 0.25) is 0 Å². The SMILES string of the molecule is CC(C)(C)OC(=O)COCCOCCNS(N)(=O)=O. The molecule has 0 fully saturated rings. The van der Waals surface area contributed by atoms with Crippen LogP contribution in [0.2, 0.25) is 0 Å². The van der Waals surface area contributed by atoms with Gasteiger partial charge in [0.25, 0.3) is 10.2 Å². The van der Waals surface area contributed by atoms with Gasteiger partial charge in [0.15, 0.2) is 0 Å². The second kappa shape index (κ2) is 8.43. The molecule has 0 aromatic rings. The first-order valence-corrected chi connectivity index (χ1v) is 7.29. The quantitative estimate of drug-likeness (QED) is 0.423. The van der Waals surface area contributed by atoms with Crippen LogP contribution in [0.1, 0.15) is 20.8 Å². The van der Waals surface area contributed by atoms with Crippen LogP contribution in [0, 0.1) is 0 Å². The zero-order chi connectivity index (χ0) is 14.9. The van der Waals surface area contributed by atoms with E-state index in [4.69, 9.17) is 19.3 Å². The van der Waals surface area contributed by atoms with Crippen molar-refractivity contribution in [2.24, 2.45) is 5.14 Å². The van der Waals surface area contributed by atoms with Crippen molar-refractivity contribution in [3.05, 3.63) is 0 Å². The zero-order valence-electron chi connectivity index (χ0n) is 11.5. The fraction of sp³-hybridized carbons (Fsp3) is 0.900. The largest absolute Gasteiger partial charge is 0.458 e. The molecular weight excluding hydrogens is 276 g/mol. The first-order chi connectivity index (χ1) is 8.60. The van der Waals surface area contributed by atoms with E-state index in [-0.39, 0.29) is 33.0 Å². The normalized spacial score (nSPS) is 12.4. The molecule has 0 spiro atoms. The number of carbonyl (C=O) groups is 1. The molecule has 0 atom stereocenters. The number of nitrogens with two attached hydrogens (primary N) is 1. The van der Waals surface area contributed by atoms with E-state index in [0.29, 0.717) is 0 Å². The van der Waals surface area contributed by atoms with E-state index < -0.39 is 21.8 Å². The number of hydrogen-bond acceptors (Lipinski definition) is 6. The smallest absolute Gasteiger partial charge is 0.332 e. The fourth-order valence-corrected chi connectivity index (χ4v) is 1.37. The number of nitrogens with one attached hydrogen (secondary N) is 1. The highest BCUT2D eigenvalue weighted by molar-refractivity contribution is 7.87. The number of esters is 1. The summed E-state index contributed by atoms with van der Waals surface area (Å²) < 4.78 is 38.2. The molecule has 0 saturated carbocycles. The van der Waals surface area contributed by atoms with Gasteiger partial charge in [-0.2, -0.15) is 8.42 Å². The van der Waals surface area contributed by atoms with Gasteiger partial charge < -0.3 is 14.2 Å². The van der Waals surface area contributed by atoms with Gasteiger partial charge in [0.1, 0.15) is 12.2 Å². The van der Waals surface area contributed by atoms with Crippen LogP contribution in [0.5, 0.6) is 0 Å². The number of hydrogen-bond donors (Lipinski definition) is 2. The molecule has 3 N–H and O–H groups in total. The second-order valence-corrected chi connectivity index (χ2v) is 6.07. The summed E-state index contributed by atoms with van der Waals surface area (Å²) in [4.78, 5) is 11.2. The third-order valence-corrected chi connectivity index (χ3v) is 2.17. The van der Waals surface area contributed by atoms with Gasteiger partial charge in [-0.05, 0) is 20.8 Å². The minimum absolute atomic E-state index is 0.0882. The lowest BCUT2D eigenvalue weighted by atomic mass is 10.2. The molecule has 0 unspecified atom stereocenters. The maximum absolute atomic E-state index is 11.2. The lowest BCUT2D eigenvalue weighted by Crippen LogP contribution is -2.33. The lowest BCUT2D eigenvalue weighted by molar-refractivity contribution is -0.160. The minimum atomic E-state index is -3.67. The Morgan fingerprint density at radius 1 is 1.16 bits per heavy atom. The van der Waals surface area contributed by atoms with Gasteiger partial charge >= 0.3 is 5.97 Å². The van der Waals surface area contributed by atoms with Gasteiger partial charge in [-0.1, -0.05) is 0 Å². The predicted molar refractivity (Wildman–Crippen MR) is 68.6 cm³/mol. The highest BCUT2D eigenvalue weighted by atomic mass is 32.2. The molecule has 0 amide bonds. The average Bonchev–Trinajstić information content (AvgIpc) is 2.17. The van der Waals surface area contributed by atoms with E-state index in [9.17, 15) is 13.2 Å². The van der Waals surface area contributed by atoms with Crippen molar-refractivity contribution >= 4 is 16.2 Å². The van der Waals surface area contributed by atoms with Crippen molar-refractivity contribution in [2.45, 2.75) is 26.4 Å². The summed E-state index contributed by atoms with van der Waals surface area (Å²) in [5.74, 6) is -0.441. The molecule has 0 aliphatic rings. The second-order valence-electron chi connectivity index (χ2n) is 4.69. The Kier molecular flexibility index (Phi) is 8.11. The molecule has 114 valence electrons. The van der Waals surface area contributed by atoms with E-state index in [1.165, 1.54) is 0 Å². The summed E-state index contributed by atoms with van der Waals surface area (Å²) in [6.07, 6.45) is 0. The van der Waals surface area contributed by atoms with E-state index in [1.807, 2.05) is 0 Å². The summed E-state index contributed by atoms with van der Waals surface area (Å²) >= 11 is 0. The standard InChI is InChI=1S/C10H22N2O6S/c1-10(2,3)18-9(13)8-17-7-6-16-5-4-12-19(11,14)15/h12H,4-8H2,1-3H3,(H2,11,14,15). The van der Waals surface area contributed by atoms with Crippen molar-refractivity contribution in [3.63, 3.8) is 0 Å². The Labute approximate surface area is 113 Å². The molecule has 0 aliphatic heterocycles.